The second-order valence-electron chi connectivity index (χ2n) is 5.76. The average Bonchev–Trinajstić information content (AvgIpc) is 3.27. The fourth-order valence-corrected chi connectivity index (χ4v) is 3.85. The number of para-hydroxylation sites is 1. The molecule has 0 aliphatic carbocycles. The van der Waals surface area contributed by atoms with Crippen LogP contribution in [0.2, 0.25) is 0 Å². The minimum absolute atomic E-state index is 0.157. The summed E-state index contributed by atoms with van der Waals surface area (Å²) in [5, 5.41) is 2.01. The van der Waals surface area contributed by atoms with Gasteiger partial charge in [-0.15, -0.1) is 11.3 Å². The summed E-state index contributed by atoms with van der Waals surface area (Å²) in [5.41, 5.74) is 2.27. The maximum atomic E-state index is 12.9. The molecule has 0 radical (unpaired) electrons. The summed E-state index contributed by atoms with van der Waals surface area (Å²) in [6, 6.07) is 12.5. The van der Waals surface area contributed by atoms with Crippen LogP contribution >= 0.6 is 11.3 Å². The van der Waals surface area contributed by atoms with Gasteiger partial charge in [-0.1, -0.05) is 24.3 Å². The molecule has 0 bridgehead atoms. The number of carbonyl (C=O) groups excluding carboxylic acids is 1. The number of anilines is 1. The molecule has 0 saturated carbocycles. The van der Waals surface area contributed by atoms with Crippen LogP contribution in [0.3, 0.4) is 0 Å². The molecule has 0 N–H and O–H groups in total. The Kier molecular flexibility index (Phi) is 3.71. The lowest BCUT2D eigenvalue weighted by atomic mass is 9.97. The molecule has 0 unspecified atom stereocenters. The van der Waals surface area contributed by atoms with Gasteiger partial charge in [0, 0.05) is 29.5 Å². The van der Waals surface area contributed by atoms with Crippen molar-refractivity contribution in [2.24, 2.45) is 0 Å². The molecule has 1 aliphatic heterocycles. The van der Waals surface area contributed by atoms with Crippen LogP contribution in [0.15, 0.2) is 60.5 Å². The van der Waals surface area contributed by atoms with Gasteiger partial charge in [-0.3, -0.25) is 4.79 Å². The van der Waals surface area contributed by atoms with Gasteiger partial charge in [0.1, 0.15) is 0 Å². The van der Waals surface area contributed by atoms with E-state index in [1.54, 1.807) is 17.5 Å². The summed E-state index contributed by atoms with van der Waals surface area (Å²) < 4.78 is 2.10. The Hall–Kier alpha value is -2.40. The fraction of sp³-hybridized carbons (Fsp3) is 0.222. The van der Waals surface area contributed by atoms with Crippen molar-refractivity contribution >= 4 is 22.9 Å². The molecule has 1 aliphatic rings. The highest BCUT2D eigenvalue weighted by Gasteiger charge is 2.29. The highest BCUT2D eigenvalue weighted by Crippen LogP contribution is 2.32. The standard InChI is InChI=1S/C18H17N3OS/c22-18(11-16-5-3-9-23-16)21-12-15(20-8-7-19-13-20)10-14-4-1-2-6-17(14)21/h1-9,13,15H,10-12H2/t15-/m0/s1. The number of nitrogens with zero attached hydrogens (tertiary/aromatic N) is 3. The smallest absolute Gasteiger partial charge is 0.232 e. The van der Waals surface area contributed by atoms with Crippen molar-refractivity contribution in [3.8, 4) is 0 Å². The maximum Gasteiger partial charge on any atom is 0.232 e. The van der Waals surface area contributed by atoms with Crippen molar-refractivity contribution in [1.29, 1.82) is 0 Å². The third-order valence-corrected chi connectivity index (χ3v) is 5.16. The second-order valence-corrected chi connectivity index (χ2v) is 6.79. The van der Waals surface area contributed by atoms with E-state index in [0.717, 1.165) is 17.0 Å². The zero-order valence-corrected chi connectivity index (χ0v) is 13.4. The number of benzene rings is 1. The molecule has 116 valence electrons. The summed E-state index contributed by atoms with van der Waals surface area (Å²) in [4.78, 5) is 20.0. The molecule has 3 aromatic rings. The molecule has 1 aromatic carbocycles. The van der Waals surface area contributed by atoms with E-state index in [4.69, 9.17) is 0 Å². The minimum Gasteiger partial charge on any atom is -0.332 e. The molecular formula is C18H17N3OS. The Bertz CT molecular complexity index is 796. The van der Waals surface area contributed by atoms with E-state index in [-0.39, 0.29) is 11.9 Å². The molecule has 4 nitrogen and oxygen atoms in total. The lowest BCUT2D eigenvalue weighted by molar-refractivity contribution is -0.118. The molecule has 0 spiro atoms. The fourth-order valence-electron chi connectivity index (χ4n) is 3.15. The summed E-state index contributed by atoms with van der Waals surface area (Å²) in [6.07, 6.45) is 6.98. The van der Waals surface area contributed by atoms with Gasteiger partial charge in [-0.2, -0.15) is 0 Å². The monoisotopic (exact) mass is 323 g/mol. The van der Waals surface area contributed by atoms with Crippen molar-refractivity contribution < 1.29 is 4.79 Å². The van der Waals surface area contributed by atoms with E-state index in [0.29, 0.717) is 13.0 Å². The lowest BCUT2D eigenvalue weighted by Crippen LogP contribution is -2.41. The Labute approximate surface area is 139 Å². The largest absolute Gasteiger partial charge is 0.332 e. The summed E-state index contributed by atoms with van der Waals surface area (Å²) in [6.45, 7) is 0.692. The highest BCUT2D eigenvalue weighted by molar-refractivity contribution is 7.10. The number of fused-ring (bicyclic) bond motifs is 1. The Morgan fingerprint density at radius 1 is 1.26 bits per heavy atom. The van der Waals surface area contributed by atoms with Gasteiger partial charge in [0.15, 0.2) is 0 Å². The van der Waals surface area contributed by atoms with Crippen molar-refractivity contribution in [1.82, 2.24) is 9.55 Å². The van der Waals surface area contributed by atoms with Gasteiger partial charge in [-0.05, 0) is 29.5 Å². The van der Waals surface area contributed by atoms with E-state index < -0.39 is 0 Å². The number of aromatic nitrogens is 2. The average molecular weight is 323 g/mol. The van der Waals surface area contributed by atoms with Gasteiger partial charge in [-0.25, -0.2) is 4.98 Å². The van der Waals surface area contributed by atoms with Gasteiger partial charge in [0.25, 0.3) is 0 Å². The van der Waals surface area contributed by atoms with Crippen LogP contribution in [0.5, 0.6) is 0 Å². The Morgan fingerprint density at radius 3 is 2.96 bits per heavy atom. The normalized spacial score (nSPS) is 17.0. The predicted octanol–water partition coefficient (Wildman–Crippen LogP) is 3.32. The molecule has 1 amide bonds. The van der Waals surface area contributed by atoms with Gasteiger partial charge in [0.2, 0.25) is 5.91 Å². The first-order chi connectivity index (χ1) is 11.3. The van der Waals surface area contributed by atoms with Crippen molar-refractivity contribution in [2.45, 2.75) is 18.9 Å². The SMILES string of the molecule is O=C(Cc1cccs1)N1C[C@@H](n2ccnc2)Cc2ccccc21. The number of carbonyl (C=O) groups is 1. The van der Waals surface area contributed by atoms with E-state index in [2.05, 4.69) is 15.6 Å². The first-order valence-corrected chi connectivity index (χ1v) is 8.57. The second kappa shape index (κ2) is 6.01. The van der Waals surface area contributed by atoms with Crippen LogP contribution in [0.4, 0.5) is 5.69 Å². The van der Waals surface area contributed by atoms with Crippen LogP contribution in [0.1, 0.15) is 16.5 Å². The predicted molar refractivity (Wildman–Crippen MR) is 91.8 cm³/mol. The van der Waals surface area contributed by atoms with Crippen LogP contribution in [0.25, 0.3) is 0 Å². The number of thiophene rings is 1. The molecule has 3 heterocycles. The molecule has 23 heavy (non-hydrogen) atoms. The number of rotatable bonds is 3. The maximum absolute atomic E-state index is 12.9. The number of hydrogen-bond acceptors (Lipinski definition) is 3. The van der Waals surface area contributed by atoms with Gasteiger partial charge < -0.3 is 9.47 Å². The summed E-state index contributed by atoms with van der Waals surface area (Å²) in [7, 11) is 0. The number of amides is 1. The Morgan fingerprint density at radius 2 is 2.17 bits per heavy atom. The molecule has 2 aromatic heterocycles. The molecule has 5 heteroatoms. The van der Waals surface area contributed by atoms with E-state index in [1.807, 2.05) is 53.1 Å². The topological polar surface area (TPSA) is 38.1 Å². The van der Waals surface area contributed by atoms with Crippen molar-refractivity contribution in [3.05, 3.63) is 70.9 Å². The third kappa shape index (κ3) is 2.80. The first kappa shape index (κ1) is 14.2. The van der Waals surface area contributed by atoms with Crippen LogP contribution in [0, 0.1) is 0 Å². The zero-order chi connectivity index (χ0) is 15.6. The van der Waals surface area contributed by atoms with E-state index >= 15 is 0 Å². The molecule has 0 saturated heterocycles. The Balaban J connectivity index is 1.65. The number of hydrogen-bond donors (Lipinski definition) is 0. The van der Waals surface area contributed by atoms with Crippen LogP contribution in [-0.4, -0.2) is 22.0 Å². The number of imidazole rings is 1. The first-order valence-electron chi connectivity index (χ1n) is 7.69. The van der Waals surface area contributed by atoms with Gasteiger partial charge in [0.05, 0.1) is 18.8 Å². The quantitative estimate of drug-likeness (QED) is 0.741. The molecule has 1 atom stereocenters. The highest BCUT2D eigenvalue weighted by atomic mass is 32.1. The van der Waals surface area contributed by atoms with Crippen molar-refractivity contribution in [2.75, 3.05) is 11.4 Å². The van der Waals surface area contributed by atoms with Gasteiger partial charge >= 0.3 is 0 Å². The molecule has 4 rings (SSSR count). The zero-order valence-electron chi connectivity index (χ0n) is 12.6. The molecular weight excluding hydrogens is 306 g/mol. The van der Waals surface area contributed by atoms with E-state index in [9.17, 15) is 4.79 Å². The minimum atomic E-state index is 0.157. The third-order valence-electron chi connectivity index (χ3n) is 4.28. The van der Waals surface area contributed by atoms with E-state index in [1.165, 1.54) is 5.56 Å². The van der Waals surface area contributed by atoms with Crippen molar-refractivity contribution in [3.63, 3.8) is 0 Å². The summed E-state index contributed by atoms with van der Waals surface area (Å²) in [5.74, 6) is 0.157. The summed E-state index contributed by atoms with van der Waals surface area (Å²) >= 11 is 1.63. The van der Waals surface area contributed by atoms with Crippen LogP contribution < -0.4 is 4.90 Å². The van der Waals surface area contributed by atoms with Crippen LogP contribution in [-0.2, 0) is 17.6 Å². The molecule has 0 fully saturated rings. The lowest BCUT2D eigenvalue weighted by Gasteiger charge is -2.35.